The van der Waals surface area contributed by atoms with Gasteiger partial charge in [-0.25, -0.2) is 0 Å². The van der Waals surface area contributed by atoms with E-state index in [2.05, 4.69) is 11.1 Å². The maximum atomic E-state index is 8.48. The van der Waals surface area contributed by atoms with E-state index in [9.17, 15) is 0 Å². The molecule has 1 aromatic heterocycles. The van der Waals surface area contributed by atoms with Crippen molar-refractivity contribution in [2.24, 2.45) is 0 Å². The Labute approximate surface area is 70.4 Å². The van der Waals surface area contributed by atoms with E-state index in [1.807, 2.05) is 30.5 Å². The van der Waals surface area contributed by atoms with Crippen LogP contribution in [0.15, 0.2) is 30.5 Å². The van der Waals surface area contributed by atoms with Gasteiger partial charge in [-0.1, -0.05) is 6.07 Å². The molecule has 0 amide bonds. The van der Waals surface area contributed by atoms with Crippen molar-refractivity contribution in [2.75, 3.05) is 0 Å². The van der Waals surface area contributed by atoms with Gasteiger partial charge < -0.3 is 4.98 Å². The molecule has 0 aliphatic heterocycles. The summed E-state index contributed by atoms with van der Waals surface area (Å²) in [6, 6.07) is 10.2. The van der Waals surface area contributed by atoms with Crippen LogP contribution < -0.4 is 0 Å². The average molecular weight is 156 g/mol. The van der Waals surface area contributed by atoms with Crippen molar-refractivity contribution in [1.82, 2.24) is 4.98 Å². The fraction of sp³-hybridized carbons (Fsp3) is 0.100. The number of fused-ring (bicyclic) bond motifs is 1. The van der Waals surface area contributed by atoms with Gasteiger partial charge in [-0.05, 0) is 29.1 Å². The molecule has 1 aromatic carbocycles. The lowest BCUT2D eigenvalue weighted by atomic mass is 10.1. The Hall–Kier alpha value is -1.75. The van der Waals surface area contributed by atoms with Crippen molar-refractivity contribution < 1.29 is 0 Å². The molecule has 0 aliphatic rings. The monoisotopic (exact) mass is 156 g/mol. The molecule has 58 valence electrons. The maximum Gasteiger partial charge on any atom is 0.0669 e. The quantitative estimate of drug-likeness (QED) is 0.675. The van der Waals surface area contributed by atoms with Gasteiger partial charge in [-0.3, -0.25) is 0 Å². The van der Waals surface area contributed by atoms with E-state index in [0.717, 1.165) is 11.1 Å². The van der Waals surface area contributed by atoms with Crippen molar-refractivity contribution in [1.29, 1.82) is 5.26 Å². The predicted molar refractivity (Wildman–Crippen MR) is 47.6 cm³/mol. The van der Waals surface area contributed by atoms with Crippen LogP contribution in [0.4, 0.5) is 0 Å². The maximum absolute atomic E-state index is 8.48. The second kappa shape index (κ2) is 2.71. The minimum absolute atomic E-state index is 0.487. The Balaban J connectivity index is 2.54. The predicted octanol–water partition coefficient (Wildman–Crippen LogP) is 2.23. The first-order chi connectivity index (χ1) is 5.90. The summed E-state index contributed by atoms with van der Waals surface area (Å²) in [6.45, 7) is 0. The molecule has 0 fully saturated rings. The van der Waals surface area contributed by atoms with Crippen LogP contribution >= 0.6 is 0 Å². The van der Waals surface area contributed by atoms with Gasteiger partial charge >= 0.3 is 0 Å². The van der Waals surface area contributed by atoms with E-state index in [0.29, 0.717) is 6.42 Å². The lowest BCUT2D eigenvalue weighted by molar-refractivity contribution is 1.27. The summed E-state index contributed by atoms with van der Waals surface area (Å²) in [6.07, 6.45) is 2.39. The van der Waals surface area contributed by atoms with Crippen LogP contribution in [0.2, 0.25) is 0 Å². The smallest absolute Gasteiger partial charge is 0.0669 e. The minimum atomic E-state index is 0.487. The summed E-state index contributed by atoms with van der Waals surface area (Å²) in [7, 11) is 0. The molecule has 2 aromatic rings. The molecular weight excluding hydrogens is 148 g/mol. The first kappa shape index (κ1) is 6.93. The van der Waals surface area contributed by atoms with Crippen LogP contribution in [0.25, 0.3) is 10.9 Å². The van der Waals surface area contributed by atoms with Crippen molar-refractivity contribution in [3.63, 3.8) is 0 Å². The molecule has 1 heterocycles. The van der Waals surface area contributed by atoms with Crippen molar-refractivity contribution in [3.05, 3.63) is 36.0 Å². The third kappa shape index (κ3) is 1.06. The zero-order valence-corrected chi connectivity index (χ0v) is 6.54. The molecule has 0 bridgehead atoms. The summed E-state index contributed by atoms with van der Waals surface area (Å²) < 4.78 is 0. The zero-order valence-electron chi connectivity index (χ0n) is 6.54. The zero-order chi connectivity index (χ0) is 8.39. The summed E-state index contributed by atoms with van der Waals surface area (Å²) >= 11 is 0. The second-order valence-corrected chi connectivity index (χ2v) is 2.73. The number of hydrogen-bond acceptors (Lipinski definition) is 1. The van der Waals surface area contributed by atoms with Crippen molar-refractivity contribution in [3.8, 4) is 6.07 Å². The average Bonchev–Trinajstić information content (AvgIpc) is 2.51. The molecular formula is C10H8N2. The number of rotatable bonds is 1. The first-order valence-corrected chi connectivity index (χ1v) is 3.83. The molecule has 2 heteroatoms. The third-order valence-electron chi connectivity index (χ3n) is 1.90. The summed E-state index contributed by atoms with van der Waals surface area (Å²) in [5.41, 5.74) is 2.20. The largest absolute Gasteiger partial charge is 0.361 e. The van der Waals surface area contributed by atoms with Gasteiger partial charge in [0.25, 0.3) is 0 Å². The molecule has 0 unspecified atom stereocenters. The third-order valence-corrected chi connectivity index (χ3v) is 1.90. The van der Waals surface area contributed by atoms with E-state index >= 15 is 0 Å². The first-order valence-electron chi connectivity index (χ1n) is 3.83. The van der Waals surface area contributed by atoms with Gasteiger partial charge in [0.05, 0.1) is 12.5 Å². The fourth-order valence-corrected chi connectivity index (χ4v) is 1.30. The highest BCUT2D eigenvalue weighted by atomic mass is 14.7. The lowest BCUT2D eigenvalue weighted by Gasteiger charge is -1.93. The normalized spacial score (nSPS) is 9.92. The fourth-order valence-electron chi connectivity index (χ4n) is 1.30. The molecule has 0 aliphatic carbocycles. The van der Waals surface area contributed by atoms with E-state index in [1.54, 1.807) is 0 Å². The molecule has 2 nitrogen and oxygen atoms in total. The van der Waals surface area contributed by atoms with Crippen LogP contribution in [-0.2, 0) is 6.42 Å². The summed E-state index contributed by atoms with van der Waals surface area (Å²) in [4.78, 5) is 3.11. The molecule has 0 spiro atoms. The number of aromatic amines is 1. The highest BCUT2D eigenvalue weighted by Gasteiger charge is 1.95. The topological polar surface area (TPSA) is 39.6 Å². The number of nitriles is 1. The molecule has 1 N–H and O–H groups in total. The number of aromatic nitrogens is 1. The Bertz CT molecular complexity index is 434. The van der Waals surface area contributed by atoms with Gasteiger partial charge in [-0.2, -0.15) is 5.26 Å². The number of benzene rings is 1. The Kier molecular flexibility index (Phi) is 1.56. The molecule has 0 saturated heterocycles. The van der Waals surface area contributed by atoms with Gasteiger partial charge in [0.1, 0.15) is 0 Å². The highest BCUT2D eigenvalue weighted by Crippen LogP contribution is 2.14. The minimum Gasteiger partial charge on any atom is -0.361 e. The second-order valence-electron chi connectivity index (χ2n) is 2.73. The van der Waals surface area contributed by atoms with Crippen LogP contribution in [0, 0.1) is 11.3 Å². The van der Waals surface area contributed by atoms with Gasteiger partial charge in [0.2, 0.25) is 0 Å². The van der Waals surface area contributed by atoms with E-state index in [1.165, 1.54) is 5.39 Å². The van der Waals surface area contributed by atoms with E-state index in [4.69, 9.17) is 5.26 Å². The lowest BCUT2D eigenvalue weighted by Crippen LogP contribution is -1.79. The van der Waals surface area contributed by atoms with Crippen molar-refractivity contribution in [2.45, 2.75) is 6.42 Å². The molecule has 0 atom stereocenters. The molecule has 0 saturated carbocycles. The van der Waals surface area contributed by atoms with Crippen LogP contribution in [-0.4, -0.2) is 4.98 Å². The van der Waals surface area contributed by atoms with E-state index in [-0.39, 0.29) is 0 Å². The summed E-state index contributed by atoms with van der Waals surface area (Å²) in [5.74, 6) is 0. The van der Waals surface area contributed by atoms with Gasteiger partial charge in [-0.15, -0.1) is 0 Å². The van der Waals surface area contributed by atoms with Crippen molar-refractivity contribution >= 4 is 10.9 Å². The Morgan fingerprint density at radius 1 is 1.33 bits per heavy atom. The number of nitrogens with one attached hydrogen (secondary N) is 1. The standard InChI is InChI=1S/C10H8N2/c11-5-3-8-1-2-10-9(7-8)4-6-12-10/h1-2,4,6-7,12H,3H2. The molecule has 12 heavy (non-hydrogen) atoms. The number of nitrogens with zero attached hydrogens (tertiary/aromatic N) is 1. The number of H-pyrrole nitrogens is 1. The van der Waals surface area contributed by atoms with Crippen LogP contribution in [0.3, 0.4) is 0 Å². The highest BCUT2D eigenvalue weighted by molar-refractivity contribution is 5.79. The Morgan fingerprint density at radius 2 is 2.25 bits per heavy atom. The SMILES string of the molecule is N#CCc1ccc2[nH]ccc2c1. The molecule has 2 rings (SSSR count). The van der Waals surface area contributed by atoms with Crippen LogP contribution in [0.5, 0.6) is 0 Å². The summed E-state index contributed by atoms with van der Waals surface area (Å²) in [5, 5.41) is 9.65. The van der Waals surface area contributed by atoms with E-state index < -0.39 is 0 Å². The van der Waals surface area contributed by atoms with Crippen LogP contribution in [0.1, 0.15) is 5.56 Å². The van der Waals surface area contributed by atoms with Gasteiger partial charge in [0.15, 0.2) is 0 Å². The number of hydrogen-bond donors (Lipinski definition) is 1. The van der Waals surface area contributed by atoms with Gasteiger partial charge in [0, 0.05) is 11.7 Å². The molecule has 0 radical (unpaired) electrons. The Morgan fingerprint density at radius 3 is 3.08 bits per heavy atom.